The average Bonchev–Trinajstić information content (AvgIpc) is 3.06. The lowest BCUT2D eigenvalue weighted by molar-refractivity contribution is -0.113. The van der Waals surface area contributed by atoms with Crippen molar-refractivity contribution in [3.8, 4) is 0 Å². The number of aryl methyl sites for hydroxylation is 1. The largest absolute Gasteiger partial charge is 0.462 e. The van der Waals surface area contributed by atoms with Crippen molar-refractivity contribution >= 4 is 40.0 Å². The minimum atomic E-state index is -0.430. The molecule has 0 unspecified atom stereocenters. The van der Waals surface area contributed by atoms with E-state index in [1.165, 1.54) is 27.8 Å². The zero-order valence-corrected chi connectivity index (χ0v) is 17.1. The fourth-order valence-electron chi connectivity index (χ4n) is 2.24. The number of nitrogen functional groups attached to an aromatic ring is 1. The monoisotopic (exact) mass is 397 g/mol. The maximum absolute atomic E-state index is 12.3. The first kappa shape index (κ1) is 20.2. The second kappa shape index (κ2) is 8.54. The third-order valence-corrected chi connectivity index (χ3v) is 5.72. The van der Waals surface area contributed by atoms with Gasteiger partial charge in [0.15, 0.2) is 5.82 Å². The highest BCUT2D eigenvalue weighted by Gasteiger charge is 2.22. The summed E-state index contributed by atoms with van der Waals surface area (Å²) in [5.74, 6) is 6.16. The summed E-state index contributed by atoms with van der Waals surface area (Å²) in [6.45, 7) is 9.70. The second-order valence-corrected chi connectivity index (χ2v) is 8.08. The van der Waals surface area contributed by atoms with E-state index in [9.17, 15) is 9.59 Å². The fourth-order valence-corrected chi connectivity index (χ4v) is 3.97. The Balaban J connectivity index is 2.07. The number of rotatable bonds is 7. The highest BCUT2D eigenvalue weighted by molar-refractivity contribution is 7.99. The molecule has 1 amide bonds. The van der Waals surface area contributed by atoms with Crippen molar-refractivity contribution in [2.75, 3.05) is 23.5 Å². The molecule has 0 saturated carbocycles. The van der Waals surface area contributed by atoms with Crippen LogP contribution >= 0.6 is 23.1 Å². The number of carbonyl (C=O) groups is 2. The Labute approximate surface area is 160 Å². The predicted molar refractivity (Wildman–Crippen MR) is 103 cm³/mol. The first-order valence-corrected chi connectivity index (χ1v) is 9.96. The standard InChI is InChI=1S/C16H23N5O3S2/c1-6-24-15(23)12-9(4)10(5)26-14(12)18-11(22)7-25-16-20-19-13(8(2)3)21(16)17/h8H,6-7,17H2,1-5H3,(H,18,22). The summed E-state index contributed by atoms with van der Waals surface area (Å²) in [4.78, 5) is 25.4. The van der Waals surface area contributed by atoms with Gasteiger partial charge in [-0.15, -0.1) is 21.5 Å². The predicted octanol–water partition coefficient (Wildman–Crippen LogP) is 2.70. The smallest absolute Gasteiger partial charge is 0.341 e. The first-order valence-electron chi connectivity index (χ1n) is 8.16. The minimum absolute atomic E-state index is 0.103. The normalized spacial score (nSPS) is 11.0. The van der Waals surface area contributed by atoms with Crippen molar-refractivity contribution < 1.29 is 14.3 Å². The van der Waals surface area contributed by atoms with Crippen LogP contribution in [0.5, 0.6) is 0 Å². The van der Waals surface area contributed by atoms with E-state index in [1.807, 2.05) is 27.7 Å². The van der Waals surface area contributed by atoms with Crippen LogP contribution in [-0.4, -0.2) is 39.1 Å². The zero-order chi connectivity index (χ0) is 19.4. The van der Waals surface area contributed by atoms with Gasteiger partial charge in [-0.05, 0) is 26.3 Å². The summed E-state index contributed by atoms with van der Waals surface area (Å²) in [5, 5.41) is 11.8. The number of thioether (sulfide) groups is 1. The third-order valence-electron chi connectivity index (χ3n) is 3.66. The molecular weight excluding hydrogens is 374 g/mol. The van der Waals surface area contributed by atoms with Crippen molar-refractivity contribution in [2.24, 2.45) is 0 Å². The molecule has 0 fully saturated rings. The van der Waals surface area contributed by atoms with Crippen LogP contribution in [0.4, 0.5) is 5.00 Å². The van der Waals surface area contributed by atoms with Crippen LogP contribution in [0.15, 0.2) is 5.16 Å². The van der Waals surface area contributed by atoms with Crippen LogP contribution in [-0.2, 0) is 9.53 Å². The Kier molecular flexibility index (Phi) is 6.65. The molecule has 0 bridgehead atoms. The Morgan fingerprint density at radius 3 is 2.62 bits per heavy atom. The summed E-state index contributed by atoms with van der Waals surface area (Å²) in [5.41, 5.74) is 1.23. The highest BCUT2D eigenvalue weighted by Crippen LogP contribution is 2.33. The average molecular weight is 398 g/mol. The number of nitrogens with one attached hydrogen (secondary N) is 1. The maximum Gasteiger partial charge on any atom is 0.341 e. The number of anilines is 1. The molecule has 2 aromatic heterocycles. The van der Waals surface area contributed by atoms with Crippen molar-refractivity contribution in [3.05, 3.63) is 21.8 Å². The van der Waals surface area contributed by atoms with E-state index in [-0.39, 0.29) is 24.2 Å². The number of hydrogen-bond donors (Lipinski definition) is 2. The van der Waals surface area contributed by atoms with Crippen LogP contribution in [0.2, 0.25) is 0 Å². The molecule has 2 rings (SSSR count). The minimum Gasteiger partial charge on any atom is -0.462 e. The van der Waals surface area contributed by atoms with Crippen LogP contribution in [0.25, 0.3) is 0 Å². The van der Waals surface area contributed by atoms with E-state index >= 15 is 0 Å². The highest BCUT2D eigenvalue weighted by atomic mass is 32.2. The topological polar surface area (TPSA) is 112 Å². The van der Waals surface area contributed by atoms with Gasteiger partial charge in [-0.25, -0.2) is 9.47 Å². The number of thiophene rings is 1. The van der Waals surface area contributed by atoms with Crippen molar-refractivity contribution in [1.29, 1.82) is 0 Å². The number of esters is 1. The van der Waals surface area contributed by atoms with Gasteiger partial charge in [-0.1, -0.05) is 25.6 Å². The molecule has 0 radical (unpaired) electrons. The first-order chi connectivity index (χ1) is 12.3. The molecule has 0 saturated heterocycles. The Bertz CT molecular complexity index is 813. The number of ether oxygens (including phenoxy) is 1. The molecule has 0 atom stereocenters. The molecule has 2 aromatic rings. The van der Waals surface area contributed by atoms with Crippen molar-refractivity contribution in [2.45, 2.75) is 45.7 Å². The quantitative estimate of drug-likeness (QED) is 0.419. The number of aromatic nitrogens is 3. The number of nitrogens with zero attached hydrogens (tertiary/aromatic N) is 3. The van der Waals surface area contributed by atoms with E-state index < -0.39 is 5.97 Å². The SMILES string of the molecule is CCOC(=O)c1c(NC(=O)CSc2nnc(C(C)C)n2N)sc(C)c1C. The molecule has 0 aliphatic heterocycles. The van der Waals surface area contributed by atoms with E-state index in [4.69, 9.17) is 10.6 Å². The third kappa shape index (κ3) is 4.36. The lowest BCUT2D eigenvalue weighted by Crippen LogP contribution is -2.18. The summed E-state index contributed by atoms with van der Waals surface area (Å²) < 4.78 is 6.48. The van der Waals surface area contributed by atoms with Gasteiger partial charge in [0.25, 0.3) is 0 Å². The fraction of sp³-hybridized carbons (Fsp3) is 0.500. The van der Waals surface area contributed by atoms with Gasteiger partial charge >= 0.3 is 5.97 Å². The van der Waals surface area contributed by atoms with Crippen molar-refractivity contribution in [1.82, 2.24) is 14.9 Å². The summed E-state index contributed by atoms with van der Waals surface area (Å²) >= 11 is 2.55. The van der Waals surface area contributed by atoms with Crippen molar-refractivity contribution in [3.63, 3.8) is 0 Å². The van der Waals surface area contributed by atoms with Crippen LogP contribution in [0, 0.1) is 13.8 Å². The van der Waals surface area contributed by atoms with Gasteiger partial charge < -0.3 is 15.9 Å². The molecule has 26 heavy (non-hydrogen) atoms. The molecule has 142 valence electrons. The summed E-state index contributed by atoms with van der Waals surface area (Å²) in [6, 6.07) is 0. The Morgan fingerprint density at radius 2 is 2.04 bits per heavy atom. The molecule has 0 spiro atoms. The molecule has 2 heterocycles. The molecular formula is C16H23N5O3S2. The van der Waals surface area contributed by atoms with Crippen LogP contribution < -0.4 is 11.2 Å². The number of amides is 1. The Hall–Kier alpha value is -2.07. The Morgan fingerprint density at radius 1 is 1.35 bits per heavy atom. The van der Waals surface area contributed by atoms with Crippen LogP contribution in [0.3, 0.4) is 0 Å². The molecule has 0 aromatic carbocycles. The number of nitrogens with two attached hydrogens (primary N) is 1. The van der Waals surface area contributed by atoms with E-state index in [1.54, 1.807) is 6.92 Å². The molecule has 10 heteroatoms. The van der Waals surface area contributed by atoms with E-state index in [0.717, 1.165) is 10.4 Å². The number of hydrogen-bond acceptors (Lipinski definition) is 8. The van der Waals surface area contributed by atoms with Crippen LogP contribution in [0.1, 0.15) is 53.3 Å². The van der Waals surface area contributed by atoms with Gasteiger partial charge in [-0.3, -0.25) is 4.79 Å². The molecule has 0 aliphatic rings. The van der Waals surface area contributed by atoms with Gasteiger partial charge in [0.05, 0.1) is 17.9 Å². The second-order valence-electron chi connectivity index (χ2n) is 5.91. The molecule has 0 aliphatic carbocycles. The summed E-state index contributed by atoms with van der Waals surface area (Å²) in [6.07, 6.45) is 0. The van der Waals surface area contributed by atoms with E-state index in [0.29, 0.717) is 21.5 Å². The summed E-state index contributed by atoms with van der Waals surface area (Å²) in [7, 11) is 0. The number of carbonyl (C=O) groups excluding carboxylic acids is 2. The lowest BCUT2D eigenvalue weighted by atomic mass is 10.1. The maximum atomic E-state index is 12.3. The van der Waals surface area contributed by atoms with Gasteiger partial charge in [0, 0.05) is 10.8 Å². The molecule has 8 nitrogen and oxygen atoms in total. The van der Waals surface area contributed by atoms with Gasteiger partial charge in [0.1, 0.15) is 5.00 Å². The lowest BCUT2D eigenvalue weighted by Gasteiger charge is -2.07. The van der Waals surface area contributed by atoms with Gasteiger partial charge in [-0.2, -0.15) is 0 Å². The molecule has 3 N–H and O–H groups in total. The van der Waals surface area contributed by atoms with Gasteiger partial charge in [0.2, 0.25) is 11.1 Å². The van der Waals surface area contributed by atoms with E-state index in [2.05, 4.69) is 15.5 Å². The zero-order valence-electron chi connectivity index (χ0n) is 15.5.